The van der Waals surface area contributed by atoms with Crippen molar-refractivity contribution in [2.75, 3.05) is 0 Å². The van der Waals surface area contributed by atoms with Crippen LogP contribution in [0.4, 0.5) is 13.2 Å². The predicted molar refractivity (Wildman–Crippen MR) is 67.4 cm³/mol. The molecule has 20 heavy (non-hydrogen) atoms. The fourth-order valence-electron chi connectivity index (χ4n) is 2.02. The highest BCUT2D eigenvalue weighted by molar-refractivity contribution is 5.43. The molecular formula is C14H12F3N3. The maximum atomic E-state index is 12.7. The zero-order valence-electron chi connectivity index (χ0n) is 10.9. The number of halogens is 3. The monoisotopic (exact) mass is 279 g/mol. The summed E-state index contributed by atoms with van der Waals surface area (Å²) in [6.45, 7) is 3.73. The molecular weight excluding hydrogens is 267 g/mol. The lowest BCUT2D eigenvalue weighted by atomic mass is 10.1. The molecule has 0 saturated carbocycles. The second-order valence-corrected chi connectivity index (χ2v) is 4.67. The fraction of sp³-hybridized carbons (Fsp3) is 0.286. The largest absolute Gasteiger partial charge is 0.416 e. The van der Waals surface area contributed by atoms with E-state index in [1.54, 1.807) is 0 Å². The molecule has 6 heteroatoms. The summed E-state index contributed by atoms with van der Waals surface area (Å²) in [6.07, 6.45) is -3.03. The van der Waals surface area contributed by atoms with Gasteiger partial charge >= 0.3 is 6.18 Å². The average Bonchev–Trinajstić information content (AvgIpc) is 2.81. The van der Waals surface area contributed by atoms with E-state index in [0.717, 1.165) is 12.1 Å². The number of hydrogen-bond donors (Lipinski definition) is 0. The Morgan fingerprint density at radius 3 is 2.55 bits per heavy atom. The topological polar surface area (TPSA) is 41.6 Å². The van der Waals surface area contributed by atoms with E-state index in [1.807, 2.05) is 19.9 Å². The Labute approximate surface area is 114 Å². The molecule has 0 aliphatic carbocycles. The first-order chi connectivity index (χ1) is 9.34. The Balaban J connectivity index is 2.59. The maximum Gasteiger partial charge on any atom is 0.416 e. The van der Waals surface area contributed by atoms with E-state index in [4.69, 9.17) is 5.26 Å². The van der Waals surface area contributed by atoms with Gasteiger partial charge in [-0.1, -0.05) is 19.9 Å². The van der Waals surface area contributed by atoms with Crippen LogP contribution in [0.2, 0.25) is 0 Å². The molecule has 0 saturated heterocycles. The first-order valence-electron chi connectivity index (χ1n) is 6.00. The van der Waals surface area contributed by atoms with Crippen molar-refractivity contribution in [1.29, 1.82) is 5.26 Å². The van der Waals surface area contributed by atoms with Gasteiger partial charge in [0.05, 0.1) is 28.7 Å². The van der Waals surface area contributed by atoms with E-state index in [1.165, 1.54) is 23.0 Å². The average molecular weight is 279 g/mol. The molecule has 0 aliphatic rings. The van der Waals surface area contributed by atoms with Crippen molar-refractivity contribution in [3.05, 3.63) is 47.3 Å². The van der Waals surface area contributed by atoms with Crippen molar-refractivity contribution in [2.45, 2.75) is 25.9 Å². The first-order valence-corrected chi connectivity index (χ1v) is 6.00. The summed E-state index contributed by atoms with van der Waals surface area (Å²) >= 11 is 0. The zero-order valence-corrected chi connectivity index (χ0v) is 10.9. The highest BCUT2D eigenvalue weighted by Gasteiger charge is 2.30. The van der Waals surface area contributed by atoms with Crippen LogP contribution in [0.1, 0.15) is 36.6 Å². The highest BCUT2D eigenvalue weighted by atomic mass is 19.4. The molecule has 1 heterocycles. The molecule has 2 rings (SSSR count). The van der Waals surface area contributed by atoms with E-state index in [-0.39, 0.29) is 5.92 Å². The Kier molecular flexibility index (Phi) is 3.53. The standard InChI is InChI=1S/C14H12F3N3/c1-9(2)13-10(7-18)8-19-20(13)12-5-3-4-11(6-12)14(15,16)17/h3-6,8-9H,1-2H3. The van der Waals surface area contributed by atoms with Gasteiger partial charge in [-0.05, 0) is 24.1 Å². The lowest BCUT2D eigenvalue weighted by Gasteiger charge is -2.13. The molecule has 0 spiro atoms. The van der Waals surface area contributed by atoms with Crippen molar-refractivity contribution in [3.63, 3.8) is 0 Å². The number of alkyl halides is 3. The maximum absolute atomic E-state index is 12.7. The van der Waals surface area contributed by atoms with Crippen molar-refractivity contribution in [3.8, 4) is 11.8 Å². The zero-order chi connectivity index (χ0) is 14.9. The number of nitriles is 1. The highest BCUT2D eigenvalue weighted by Crippen LogP contribution is 2.31. The Morgan fingerprint density at radius 1 is 1.30 bits per heavy atom. The molecule has 1 aromatic heterocycles. The molecule has 0 radical (unpaired) electrons. The van der Waals surface area contributed by atoms with Gasteiger partial charge in [0.15, 0.2) is 0 Å². The molecule has 104 valence electrons. The number of nitrogens with zero attached hydrogens (tertiary/aromatic N) is 3. The van der Waals surface area contributed by atoms with E-state index in [0.29, 0.717) is 16.9 Å². The van der Waals surface area contributed by atoms with Gasteiger partial charge in [0.25, 0.3) is 0 Å². The van der Waals surface area contributed by atoms with E-state index >= 15 is 0 Å². The summed E-state index contributed by atoms with van der Waals surface area (Å²) in [6, 6.07) is 6.91. The van der Waals surface area contributed by atoms with Gasteiger partial charge in [-0.2, -0.15) is 23.5 Å². The molecule has 3 nitrogen and oxygen atoms in total. The van der Waals surface area contributed by atoms with Crippen molar-refractivity contribution in [2.24, 2.45) is 0 Å². The number of rotatable bonds is 2. The quantitative estimate of drug-likeness (QED) is 0.837. The van der Waals surface area contributed by atoms with Crippen LogP contribution in [0.25, 0.3) is 5.69 Å². The smallest absolute Gasteiger partial charge is 0.236 e. The van der Waals surface area contributed by atoms with E-state index in [2.05, 4.69) is 5.10 Å². The molecule has 1 aromatic carbocycles. The fourth-order valence-corrected chi connectivity index (χ4v) is 2.02. The summed E-state index contributed by atoms with van der Waals surface area (Å²) in [7, 11) is 0. The van der Waals surface area contributed by atoms with Crippen molar-refractivity contribution in [1.82, 2.24) is 9.78 Å². The number of aromatic nitrogens is 2. The molecule has 0 bridgehead atoms. The van der Waals surface area contributed by atoms with Crippen molar-refractivity contribution < 1.29 is 13.2 Å². The van der Waals surface area contributed by atoms with Gasteiger partial charge in [-0.25, -0.2) is 4.68 Å². The number of hydrogen-bond acceptors (Lipinski definition) is 2. The van der Waals surface area contributed by atoms with Crippen molar-refractivity contribution >= 4 is 0 Å². The summed E-state index contributed by atoms with van der Waals surface area (Å²) < 4.78 is 39.6. The molecule has 0 N–H and O–H groups in total. The molecule has 0 amide bonds. The van der Waals surface area contributed by atoms with Crippen LogP contribution in [-0.2, 0) is 6.18 Å². The molecule has 2 aromatic rings. The second-order valence-electron chi connectivity index (χ2n) is 4.67. The van der Waals surface area contributed by atoms with E-state index < -0.39 is 11.7 Å². The van der Waals surface area contributed by atoms with Gasteiger partial charge in [-0.3, -0.25) is 0 Å². The Morgan fingerprint density at radius 2 is 2.00 bits per heavy atom. The molecule has 0 unspecified atom stereocenters. The second kappa shape index (κ2) is 5.00. The molecule has 0 fully saturated rings. The minimum Gasteiger partial charge on any atom is -0.236 e. The molecule has 0 atom stereocenters. The predicted octanol–water partition coefficient (Wildman–Crippen LogP) is 3.89. The minimum atomic E-state index is -4.40. The van der Waals surface area contributed by atoms with Gasteiger partial charge in [-0.15, -0.1) is 0 Å². The van der Waals surface area contributed by atoms with Crippen LogP contribution >= 0.6 is 0 Å². The Bertz CT molecular complexity index is 663. The normalized spacial score (nSPS) is 11.7. The van der Waals surface area contributed by atoms with Gasteiger partial charge in [0.2, 0.25) is 0 Å². The number of benzene rings is 1. The SMILES string of the molecule is CC(C)c1c(C#N)cnn1-c1cccc(C(F)(F)F)c1. The third kappa shape index (κ3) is 2.52. The lowest BCUT2D eigenvalue weighted by Crippen LogP contribution is -2.09. The van der Waals surface area contributed by atoms with Crippen LogP contribution in [-0.4, -0.2) is 9.78 Å². The van der Waals surface area contributed by atoms with Crippen LogP contribution < -0.4 is 0 Å². The summed E-state index contributed by atoms with van der Waals surface area (Å²) in [5.74, 6) is -0.0262. The third-order valence-electron chi connectivity index (χ3n) is 2.89. The lowest BCUT2D eigenvalue weighted by molar-refractivity contribution is -0.137. The summed E-state index contributed by atoms with van der Waals surface area (Å²) in [4.78, 5) is 0. The van der Waals surface area contributed by atoms with Crippen LogP contribution in [0, 0.1) is 11.3 Å². The van der Waals surface area contributed by atoms with Gasteiger partial charge < -0.3 is 0 Å². The van der Waals surface area contributed by atoms with Gasteiger partial charge in [0, 0.05) is 0 Å². The third-order valence-corrected chi connectivity index (χ3v) is 2.89. The van der Waals surface area contributed by atoms with Gasteiger partial charge in [0.1, 0.15) is 6.07 Å². The van der Waals surface area contributed by atoms with Crippen LogP contribution in [0.15, 0.2) is 30.5 Å². The summed E-state index contributed by atoms with van der Waals surface area (Å²) in [5, 5.41) is 13.1. The van der Waals surface area contributed by atoms with Crippen LogP contribution in [0.3, 0.4) is 0 Å². The minimum absolute atomic E-state index is 0.0262. The molecule has 0 aliphatic heterocycles. The first kappa shape index (κ1) is 14.1. The van der Waals surface area contributed by atoms with E-state index in [9.17, 15) is 13.2 Å². The summed E-state index contributed by atoms with van der Waals surface area (Å²) in [5.41, 5.74) is 0.535. The van der Waals surface area contributed by atoms with Crippen LogP contribution in [0.5, 0.6) is 0 Å². The Hall–Kier alpha value is -2.29.